The molecule has 0 radical (unpaired) electrons. The van der Waals surface area contributed by atoms with Gasteiger partial charge in [0, 0.05) is 25.5 Å². The molecule has 0 fully saturated rings. The first kappa shape index (κ1) is 21.0. The summed E-state index contributed by atoms with van der Waals surface area (Å²) in [7, 11) is 0. The van der Waals surface area contributed by atoms with Crippen LogP contribution in [0.25, 0.3) is 10.2 Å². The molecule has 0 N–H and O–H groups in total. The third-order valence-corrected chi connectivity index (χ3v) is 6.18. The van der Waals surface area contributed by atoms with Crippen molar-refractivity contribution in [2.24, 2.45) is 0 Å². The van der Waals surface area contributed by atoms with E-state index in [2.05, 4.69) is 18.0 Å². The molecule has 0 aliphatic rings. The number of aryl methyl sites for hydroxylation is 3. The quantitative estimate of drug-likeness (QED) is 0.398. The van der Waals surface area contributed by atoms with Crippen molar-refractivity contribution in [2.45, 2.75) is 26.8 Å². The van der Waals surface area contributed by atoms with Crippen molar-refractivity contribution in [3.8, 4) is 5.75 Å². The fourth-order valence-electron chi connectivity index (χ4n) is 3.24. The van der Waals surface area contributed by atoms with Crippen LogP contribution in [0.5, 0.6) is 5.75 Å². The summed E-state index contributed by atoms with van der Waals surface area (Å²) in [6.07, 6.45) is 6.13. The van der Waals surface area contributed by atoms with Gasteiger partial charge < -0.3 is 9.30 Å². The van der Waals surface area contributed by atoms with E-state index < -0.39 is 0 Å². The molecule has 2 aromatic heterocycles. The van der Waals surface area contributed by atoms with Gasteiger partial charge in [-0.1, -0.05) is 17.4 Å². The Bertz CT molecular complexity index is 1170. The zero-order chi connectivity index (χ0) is 21.8. The Morgan fingerprint density at radius 1 is 1.19 bits per heavy atom. The minimum atomic E-state index is -0.347. The number of hydrogen-bond acceptors (Lipinski definition) is 5. The summed E-state index contributed by atoms with van der Waals surface area (Å²) < 4.78 is 21.7. The third-order valence-electron chi connectivity index (χ3n) is 5.14. The number of ether oxygens (including phenoxy) is 1. The SMILES string of the molecule is Cc1ccc2sc(N(CCCn3ccnc3)C(=O)COc3ccc(F)cc3)nc2c1C. The summed E-state index contributed by atoms with van der Waals surface area (Å²) in [5.41, 5.74) is 3.21. The molecule has 0 atom stereocenters. The molecule has 8 heteroatoms. The normalized spacial score (nSPS) is 11.1. The van der Waals surface area contributed by atoms with Gasteiger partial charge in [0.15, 0.2) is 11.7 Å². The van der Waals surface area contributed by atoms with Gasteiger partial charge in [0.2, 0.25) is 0 Å². The number of carbonyl (C=O) groups excluding carboxylic acids is 1. The molecule has 4 aromatic rings. The number of fused-ring (bicyclic) bond motifs is 1. The predicted molar refractivity (Wildman–Crippen MR) is 120 cm³/mol. The Morgan fingerprint density at radius 2 is 2.00 bits per heavy atom. The van der Waals surface area contributed by atoms with E-state index >= 15 is 0 Å². The van der Waals surface area contributed by atoms with Crippen molar-refractivity contribution in [2.75, 3.05) is 18.1 Å². The molecule has 2 heterocycles. The number of anilines is 1. The summed E-state index contributed by atoms with van der Waals surface area (Å²) in [4.78, 5) is 23.6. The van der Waals surface area contributed by atoms with Crippen LogP contribution in [0.4, 0.5) is 9.52 Å². The van der Waals surface area contributed by atoms with Crippen LogP contribution in [0.3, 0.4) is 0 Å². The molecule has 0 aliphatic carbocycles. The van der Waals surface area contributed by atoms with Gasteiger partial charge in [0.05, 0.1) is 16.5 Å². The Labute approximate surface area is 183 Å². The number of halogens is 1. The van der Waals surface area contributed by atoms with Crippen LogP contribution < -0.4 is 9.64 Å². The van der Waals surface area contributed by atoms with Gasteiger partial charge in [-0.2, -0.15) is 0 Å². The summed E-state index contributed by atoms with van der Waals surface area (Å²) in [5.74, 6) is -0.0905. The van der Waals surface area contributed by atoms with Crippen LogP contribution in [-0.4, -0.2) is 33.6 Å². The second-order valence-electron chi connectivity index (χ2n) is 7.29. The fourth-order valence-corrected chi connectivity index (χ4v) is 4.31. The maximum atomic E-state index is 13.1. The number of benzene rings is 2. The van der Waals surface area contributed by atoms with Gasteiger partial charge in [0.1, 0.15) is 11.6 Å². The first-order valence-corrected chi connectivity index (χ1v) is 10.8. The first-order valence-electron chi connectivity index (χ1n) is 10.0. The number of aromatic nitrogens is 3. The molecule has 0 aliphatic heterocycles. The topological polar surface area (TPSA) is 60.2 Å². The van der Waals surface area contributed by atoms with Gasteiger partial charge in [-0.15, -0.1) is 0 Å². The van der Waals surface area contributed by atoms with E-state index in [0.29, 0.717) is 17.4 Å². The lowest BCUT2D eigenvalue weighted by Crippen LogP contribution is -2.36. The molecular formula is C23H23FN4O2S. The Balaban J connectivity index is 1.53. The second kappa shape index (κ2) is 9.26. The Kier molecular flexibility index (Phi) is 6.27. The number of rotatable bonds is 8. The summed E-state index contributed by atoms with van der Waals surface area (Å²) in [6, 6.07) is 9.75. The summed E-state index contributed by atoms with van der Waals surface area (Å²) >= 11 is 1.50. The van der Waals surface area contributed by atoms with E-state index in [4.69, 9.17) is 9.72 Å². The van der Waals surface area contributed by atoms with Gasteiger partial charge in [-0.05, 0) is 61.7 Å². The Morgan fingerprint density at radius 3 is 2.74 bits per heavy atom. The molecule has 0 bridgehead atoms. The number of amides is 1. The van der Waals surface area contributed by atoms with E-state index in [1.165, 1.54) is 41.2 Å². The van der Waals surface area contributed by atoms with Crippen LogP contribution in [0.15, 0.2) is 55.1 Å². The summed E-state index contributed by atoms with van der Waals surface area (Å²) in [6.45, 7) is 5.19. The van der Waals surface area contributed by atoms with Crippen molar-refractivity contribution in [1.29, 1.82) is 0 Å². The van der Waals surface area contributed by atoms with Gasteiger partial charge in [-0.3, -0.25) is 9.69 Å². The van der Waals surface area contributed by atoms with Gasteiger partial charge >= 0.3 is 0 Å². The second-order valence-corrected chi connectivity index (χ2v) is 8.30. The molecule has 2 aromatic carbocycles. The average Bonchev–Trinajstić information content (AvgIpc) is 3.43. The number of thiazole rings is 1. The zero-order valence-electron chi connectivity index (χ0n) is 17.4. The maximum absolute atomic E-state index is 13.1. The molecule has 4 rings (SSSR count). The highest BCUT2D eigenvalue weighted by atomic mass is 32.1. The first-order chi connectivity index (χ1) is 15.0. The molecule has 0 spiro atoms. The van der Waals surface area contributed by atoms with Crippen LogP contribution in [-0.2, 0) is 11.3 Å². The molecule has 1 amide bonds. The van der Waals surface area contributed by atoms with Crippen LogP contribution in [0.2, 0.25) is 0 Å². The van der Waals surface area contributed by atoms with Crippen LogP contribution >= 0.6 is 11.3 Å². The molecule has 6 nitrogen and oxygen atoms in total. The standard InChI is InChI=1S/C23H23FN4O2S/c1-16-4-9-20-22(17(16)2)26-23(31-20)28(12-3-11-27-13-10-25-15-27)21(29)14-30-19-7-5-18(24)6-8-19/h4-10,13,15H,3,11-12,14H2,1-2H3. The van der Waals surface area contributed by atoms with Crippen molar-refractivity contribution >= 4 is 32.6 Å². The van der Waals surface area contributed by atoms with Gasteiger partial charge in [0.25, 0.3) is 5.91 Å². The maximum Gasteiger partial charge on any atom is 0.266 e. The lowest BCUT2D eigenvalue weighted by Gasteiger charge is -2.20. The van der Waals surface area contributed by atoms with Crippen molar-refractivity contribution < 1.29 is 13.9 Å². The fraction of sp³-hybridized carbons (Fsp3) is 0.261. The van der Waals surface area contributed by atoms with E-state index in [1.807, 2.05) is 23.8 Å². The third kappa shape index (κ3) is 4.91. The van der Waals surface area contributed by atoms with Gasteiger partial charge in [-0.25, -0.2) is 14.4 Å². The molecule has 0 saturated carbocycles. The zero-order valence-corrected chi connectivity index (χ0v) is 18.2. The Hall–Kier alpha value is -3.26. The van der Waals surface area contributed by atoms with Crippen LogP contribution in [0, 0.1) is 19.7 Å². The smallest absolute Gasteiger partial charge is 0.266 e. The number of carbonyl (C=O) groups is 1. The van der Waals surface area contributed by atoms with Crippen molar-refractivity contribution in [3.63, 3.8) is 0 Å². The lowest BCUT2D eigenvalue weighted by molar-refractivity contribution is -0.120. The minimum absolute atomic E-state index is 0.148. The predicted octanol–water partition coefficient (Wildman–Crippen LogP) is 4.75. The van der Waals surface area contributed by atoms with Crippen LogP contribution in [0.1, 0.15) is 17.5 Å². The highest BCUT2D eigenvalue weighted by Crippen LogP contribution is 2.32. The summed E-state index contributed by atoms with van der Waals surface area (Å²) in [5, 5.41) is 0.655. The molecule has 0 unspecified atom stereocenters. The number of hydrogen-bond donors (Lipinski definition) is 0. The molecular weight excluding hydrogens is 415 g/mol. The molecule has 160 valence electrons. The van der Waals surface area contributed by atoms with E-state index in [1.54, 1.807) is 17.4 Å². The monoisotopic (exact) mass is 438 g/mol. The largest absolute Gasteiger partial charge is 0.484 e. The highest BCUT2D eigenvalue weighted by Gasteiger charge is 2.21. The van der Waals surface area contributed by atoms with Crippen molar-refractivity contribution in [3.05, 3.63) is 72.1 Å². The highest BCUT2D eigenvalue weighted by molar-refractivity contribution is 7.22. The number of imidazole rings is 1. The van der Waals surface area contributed by atoms with E-state index in [-0.39, 0.29) is 18.3 Å². The molecule has 0 saturated heterocycles. The molecule has 31 heavy (non-hydrogen) atoms. The van der Waals surface area contributed by atoms with Crippen molar-refractivity contribution in [1.82, 2.24) is 14.5 Å². The van der Waals surface area contributed by atoms with E-state index in [0.717, 1.165) is 28.7 Å². The van der Waals surface area contributed by atoms with E-state index in [9.17, 15) is 9.18 Å². The number of nitrogens with zero attached hydrogens (tertiary/aromatic N) is 4. The lowest BCUT2D eigenvalue weighted by atomic mass is 10.1. The minimum Gasteiger partial charge on any atom is -0.484 e. The average molecular weight is 439 g/mol.